The molecule has 10 heteroatoms. The molecule has 0 aromatic heterocycles. The molecule has 316 valence electrons. The van der Waals surface area contributed by atoms with Crippen molar-refractivity contribution in [3.05, 3.63) is 36.5 Å². The lowest BCUT2D eigenvalue weighted by molar-refractivity contribution is -0.870. The molecule has 2 atom stereocenters. The third-order valence-electron chi connectivity index (χ3n) is 9.17. The van der Waals surface area contributed by atoms with Crippen molar-refractivity contribution in [2.45, 2.75) is 187 Å². The number of esters is 2. The van der Waals surface area contributed by atoms with E-state index in [4.69, 9.17) is 18.5 Å². The summed E-state index contributed by atoms with van der Waals surface area (Å²) in [5.41, 5.74) is 0. The van der Waals surface area contributed by atoms with E-state index < -0.39 is 26.5 Å². The highest BCUT2D eigenvalue weighted by Crippen LogP contribution is 2.43. The monoisotopic (exact) mass is 785 g/mol. The van der Waals surface area contributed by atoms with Crippen molar-refractivity contribution < 1.29 is 42.1 Å². The van der Waals surface area contributed by atoms with Crippen molar-refractivity contribution in [2.75, 3.05) is 47.5 Å². The fraction of sp³-hybridized carbons (Fsp3) is 0.818. The number of allylic oxidation sites excluding steroid dienone is 6. The third kappa shape index (κ3) is 39.9. The molecule has 0 spiro atoms. The first-order valence-electron chi connectivity index (χ1n) is 21.7. The van der Waals surface area contributed by atoms with E-state index >= 15 is 0 Å². The van der Waals surface area contributed by atoms with Gasteiger partial charge in [-0.15, -0.1) is 0 Å². The molecule has 0 heterocycles. The van der Waals surface area contributed by atoms with Crippen LogP contribution < -0.4 is 0 Å². The van der Waals surface area contributed by atoms with Gasteiger partial charge < -0.3 is 18.9 Å². The largest absolute Gasteiger partial charge is 0.472 e. The molecule has 0 amide bonds. The first-order valence-corrected chi connectivity index (χ1v) is 23.2. The smallest absolute Gasteiger partial charge is 0.462 e. The summed E-state index contributed by atoms with van der Waals surface area (Å²) in [4.78, 5) is 35.3. The summed E-state index contributed by atoms with van der Waals surface area (Å²) in [6, 6.07) is 0. The maximum absolute atomic E-state index is 12.7. The topological polar surface area (TPSA) is 108 Å². The van der Waals surface area contributed by atoms with Crippen LogP contribution in [-0.2, 0) is 32.7 Å². The first-order chi connectivity index (χ1) is 26.0. The Labute approximate surface area is 331 Å². The second-order valence-electron chi connectivity index (χ2n) is 15.7. The van der Waals surface area contributed by atoms with Crippen molar-refractivity contribution in [2.24, 2.45) is 0 Å². The molecule has 1 N–H and O–H groups in total. The molecule has 0 bridgehead atoms. The maximum Gasteiger partial charge on any atom is 0.472 e. The maximum atomic E-state index is 12.7. The molecule has 9 nitrogen and oxygen atoms in total. The number of hydrogen-bond donors (Lipinski definition) is 1. The van der Waals surface area contributed by atoms with Crippen LogP contribution in [-0.4, -0.2) is 74.9 Å². The van der Waals surface area contributed by atoms with Gasteiger partial charge in [0.25, 0.3) is 0 Å². The number of unbranched alkanes of at least 4 members (excludes halogenated alkanes) is 19. The van der Waals surface area contributed by atoms with Crippen LogP contribution in [0.2, 0.25) is 0 Å². The summed E-state index contributed by atoms with van der Waals surface area (Å²) < 4.78 is 34.2. The van der Waals surface area contributed by atoms with Gasteiger partial charge in [0.05, 0.1) is 27.7 Å². The lowest BCUT2D eigenvalue weighted by Gasteiger charge is -2.24. The van der Waals surface area contributed by atoms with Gasteiger partial charge in [-0.05, 0) is 51.4 Å². The van der Waals surface area contributed by atoms with Crippen LogP contribution in [0.4, 0.5) is 0 Å². The minimum Gasteiger partial charge on any atom is -0.462 e. The van der Waals surface area contributed by atoms with Gasteiger partial charge in [0, 0.05) is 12.8 Å². The molecule has 2 unspecified atom stereocenters. The van der Waals surface area contributed by atoms with Gasteiger partial charge in [-0.3, -0.25) is 18.6 Å². The predicted octanol–water partition coefficient (Wildman–Crippen LogP) is 12.1. The van der Waals surface area contributed by atoms with Gasteiger partial charge in [0.2, 0.25) is 0 Å². The van der Waals surface area contributed by atoms with E-state index in [9.17, 15) is 19.0 Å². The Morgan fingerprint density at radius 1 is 0.574 bits per heavy atom. The minimum atomic E-state index is -4.37. The second-order valence-corrected chi connectivity index (χ2v) is 17.2. The van der Waals surface area contributed by atoms with E-state index in [-0.39, 0.29) is 32.0 Å². The molecule has 0 rings (SSSR count). The van der Waals surface area contributed by atoms with Gasteiger partial charge >= 0.3 is 19.8 Å². The molecule has 0 aliphatic rings. The van der Waals surface area contributed by atoms with Crippen LogP contribution >= 0.6 is 7.82 Å². The normalized spacial score (nSPS) is 14.0. The van der Waals surface area contributed by atoms with Crippen LogP contribution in [0.25, 0.3) is 0 Å². The average molecular weight is 785 g/mol. The van der Waals surface area contributed by atoms with Gasteiger partial charge in [0.15, 0.2) is 6.10 Å². The number of nitrogens with zero attached hydrogens (tertiary/aromatic N) is 1. The van der Waals surface area contributed by atoms with Crippen molar-refractivity contribution in [3.63, 3.8) is 0 Å². The second kappa shape index (κ2) is 36.8. The number of rotatable bonds is 39. The molecule has 0 saturated heterocycles. The summed E-state index contributed by atoms with van der Waals surface area (Å²) >= 11 is 0. The standard InChI is InChI=1S/C44H82NO8P/c1-6-8-10-12-14-16-18-19-20-21-22-23-24-25-27-29-31-33-35-37-44(47)53-42(41-52-54(48,49)51-39-38-45(3,4)5)40-50-43(46)36-34-32-30-28-26-17-15-13-11-9-7-2/h14,16,19-20,22-23,42H,6-13,15,17-18,21,24-41H2,1-5H3/p+1/b16-14-,20-19-,23-22-. The fourth-order valence-corrected chi connectivity index (χ4v) is 6.47. The molecule has 0 aliphatic heterocycles. The lowest BCUT2D eigenvalue weighted by Crippen LogP contribution is -2.37. The number of carbonyl (C=O) groups is 2. The zero-order valence-electron chi connectivity index (χ0n) is 35.5. The van der Waals surface area contributed by atoms with Crippen LogP contribution in [0.15, 0.2) is 36.5 Å². The van der Waals surface area contributed by atoms with Crippen LogP contribution in [0.3, 0.4) is 0 Å². The van der Waals surface area contributed by atoms with E-state index in [1.807, 2.05) is 21.1 Å². The third-order valence-corrected chi connectivity index (χ3v) is 10.2. The molecule has 0 aromatic rings. The Morgan fingerprint density at radius 2 is 1.00 bits per heavy atom. The van der Waals surface area contributed by atoms with Crippen molar-refractivity contribution >= 4 is 19.8 Å². The highest BCUT2D eigenvalue weighted by Gasteiger charge is 2.27. The molecule has 0 aromatic carbocycles. The SMILES string of the molecule is CCCCC/C=C\C/C=C\C/C=C\CCCCCCCCC(=O)OC(COC(=O)CCCCCCCCCCCCC)COP(=O)(O)OCC[N+](C)(C)C. The molecular weight excluding hydrogens is 701 g/mol. The first kappa shape index (κ1) is 52.2. The average Bonchev–Trinajstić information content (AvgIpc) is 3.12. The van der Waals surface area contributed by atoms with E-state index in [0.29, 0.717) is 17.4 Å². The molecule has 0 radical (unpaired) electrons. The summed E-state index contributed by atoms with van der Waals surface area (Å²) in [7, 11) is 1.47. The molecular formula is C44H83NO8P+. The van der Waals surface area contributed by atoms with E-state index in [2.05, 4.69) is 50.3 Å². The summed E-state index contributed by atoms with van der Waals surface area (Å²) in [6.07, 6.45) is 40.4. The molecule has 0 fully saturated rings. The number of hydrogen-bond acceptors (Lipinski definition) is 7. The summed E-state index contributed by atoms with van der Waals surface area (Å²) in [5, 5.41) is 0. The van der Waals surface area contributed by atoms with Gasteiger partial charge in [0.1, 0.15) is 19.8 Å². The van der Waals surface area contributed by atoms with Gasteiger partial charge in [-0.1, -0.05) is 153 Å². The fourth-order valence-electron chi connectivity index (χ4n) is 5.73. The van der Waals surface area contributed by atoms with Crippen molar-refractivity contribution in [1.29, 1.82) is 0 Å². The van der Waals surface area contributed by atoms with Crippen LogP contribution in [0, 0.1) is 0 Å². The number of ether oxygens (including phenoxy) is 2. The Kier molecular flexibility index (Phi) is 35.6. The van der Waals surface area contributed by atoms with Crippen molar-refractivity contribution in [1.82, 2.24) is 0 Å². The number of phosphoric acid groups is 1. The summed E-state index contributed by atoms with van der Waals surface area (Å²) in [5.74, 6) is -0.812. The summed E-state index contributed by atoms with van der Waals surface area (Å²) in [6.45, 7) is 4.37. The number of quaternary nitrogens is 1. The Balaban J connectivity index is 4.37. The van der Waals surface area contributed by atoms with E-state index in [1.54, 1.807) is 0 Å². The number of carbonyl (C=O) groups excluding carboxylic acids is 2. The van der Waals surface area contributed by atoms with Crippen molar-refractivity contribution in [3.8, 4) is 0 Å². The minimum absolute atomic E-state index is 0.0293. The van der Waals surface area contributed by atoms with E-state index in [1.165, 1.54) is 77.0 Å². The predicted molar refractivity (Wildman–Crippen MR) is 224 cm³/mol. The highest BCUT2D eigenvalue weighted by atomic mass is 31.2. The highest BCUT2D eigenvalue weighted by molar-refractivity contribution is 7.47. The molecule has 0 saturated carbocycles. The van der Waals surface area contributed by atoms with E-state index in [0.717, 1.165) is 70.6 Å². The quantitative estimate of drug-likeness (QED) is 0.0216. The van der Waals surface area contributed by atoms with Crippen LogP contribution in [0.5, 0.6) is 0 Å². The Bertz CT molecular complexity index is 1020. The van der Waals surface area contributed by atoms with Crippen LogP contribution in [0.1, 0.15) is 181 Å². The Morgan fingerprint density at radius 3 is 1.52 bits per heavy atom. The molecule has 0 aliphatic carbocycles. The lowest BCUT2D eigenvalue weighted by atomic mass is 10.1. The van der Waals surface area contributed by atoms with Gasteiger partial charge in [-0.2, -0.15) is 0 Å². The molecule has 54 heavy (non-hydrogen) atoms. The zero-order chi connectivity index (χ0) is 40.0. The number of likely N-dealkylation sites (N-methyl/N-ethyl adjacent to an activating group) is 1. The zero-order valence-corrected chi connectivity index (χ0v) is 36.3. The van der Waals surface area contributed by atoms with Gasteiger partial charge in [-0.25, -0.2) is 4.57 Å². The number of phosphoric ester groups is 1. The Hall–Kier alpha value is -1.77.